The lowest BCUT2D eigenvalue weighted by atomic mass is 10.2. The Bertz CT molecular complexity index is 648. The summed E-state index contributed by atoms with van der Waals surface area (Å²) in [5.41, 5.74) is 1.84. The minimum atomic E-state index is -0.346. The summed E-state index contributed by atoms with van der Waals surface area (Å²) in [4.78, 5) is 11.2. The molecule has 4 heteroatoms. The Balaban J connectivity index is 1.92. The molecule has 0 heterocycles. The first kappa shape index (κ1) is 16.1. The van der Waals surface area contributed by atoms with E-state index in [0.717, 1.165) is 16.9 Å². The van der Waals surface area contributed by atoms with Crippen LogP contribution in [0, 0.1) is 0 Å². The molecular formula is C18H17ClO3. The number of rotatable bonds is 6. The molecule has 3 nitrogen and oxygen atoms in total. The molecule has 0 bridgehead atoms. The highest BCUT2D eigenvalue weighted by Crippen LogP contribution is 2.19. The number of esters is 1. The third kappa shape index (κ3) is 4.93. The summed E-state index contributed by atoms with van der Waals surface area (Å²) in [6.07, 6.45) is 3.11. The van der Waals surface area contributed by atoms with E-state index in [-0.39, 0.29) is 5.97 Å². The molecule has 0 N–H and O–H groups in total. The van der Waals surface area contributed by atoms with Gasteiger partial charge in [-0.25, -0.2) is 4.79 Å². The minimum absolute atomic E-state index is 0.346. The standard InChI is InChI=1S/C18H17ClO3/c1-2-21-18(20)12-9-14-7-10-16(11-8-14)22-13-15-5-3-4-6-17(15)19/h3-12H,2,13H2,1H3/b12-9+. The summed E-state index contributed by atoms with van der Waals surface area (Å²) in [6.45, 7) is 2.56. The molecule has 22 heavy (non-hydrogen) atoms. The van der Waals surface area contributed by atoms with E-state index in [2.05, 4.69) is 0 Å². The number of halogens is 1. The molecule has 2 aromatic carbocycles. The largest absolute Gasteiger partial charge is 0.489 e. The fourth-order valence-electron chi connectivity index (χ4n) is 1.81. The number of benzene rings is 2. The van der Waals surface area contributed by atoms with Crippen LogP contribution in [0.3, 0.4) is 0 Å². The van der Waals surface area contributed by atoms with Crippen LogP contribution in [0.25, 0.3) is 6.08 Å². The maximum absolute atomic E-state index is 11.2. The highest BCUT2D eigenvalue weighted by atomic mass is 35.5. The van der Waals surface area contributed by atoms with Gasteiger partial charge < -0.3 is 9.47 Å². The quantitative estimate of drug-likeness (QED) is 0.581. The van der Waals surface area contributed by atoms with Crippen molar-refractivity contribution in [2.75, 3.05) is 6.61 Å². The first-order valence-corrected chi connectivity index (χ1v) is 7.38. The van der Waals surface area contributed by atoms with E-state index in [9.17, 15) is 4.79 Å². The van der Waals surface area contributed by atoms with Gasteiger partial charge in [0, 0.05) is 16.7 Å². The molecule has 2 rings (SSSR count). The third-order valence-electron chi connectivity index (χ3n) is 2.93. The molecule has 0 radical (unpaired) electrons. The SMILES string of the molecule is CCOC(=O)/C=C/c1ccc(OCc2ccccc2Cl)cc1. The van der Waals surface area contributed by atoms with Gasteiger partial charge in [-0.15, -0.1) is 0 Å². The van der Waals surface area contributed by atoms with Crippen LogP contribution in [-0.4, -0.2) is 12.6 Å². The average Bonchev–Trinajstić information content (AvgIpc) is 2.53. The maximum Gasteiger partial charge on any atom is 0.330 e. The number of carbonyl (C=O) groups is 1. The molecule has 0 aliphatic rings. The van der Waals surface area contributed by atoms with Gasteiger partial charge in [0.05, 0.1) is 6.61 Å². The second kappa shape index (κ2) is 8.25. The monoisotopic (exact) mass is 316 g/mol. The summed E-state index contributed by atoms with van der Waals surface area (Å²) in [5, 5.41) is 0.691. The highest BCUT2D eigenvalue weighted by molar-refractivity contribution is 6.31. The number of ether oxygens (including phenoxy) is 2. The molecule has 114 valence electrons. The molecule has 2 aromatic rings. The van der Waals surface area contributed by atoms with Crippen molar-refractivity contribution in [3.63, 3.8) is 0 Å². The van der Waals surface area contributed by atoms with Crippen LogP contribution in [0.4, 0.5) is 0 Å². The topological polar surface area (TPSA) is 35.5 Å². The minimum Gasteiger partial charge on any atom is -0.489 e. The lowest BCUT2D eigenvalue weighted by molar-refractivity contribution is -0.137. The summed E-state index contributed by atoms with van der Waals surface area (Å²) >= 11 is 6.08. The molecular weight excluding hydrogens is 300 g/mol. The van der Waals surface area contributed by atoms with Crippen LogP contribution in [0.15, 0.2) is 54.6 Å². The van der Waals surface area contributed by atoms with Crippen molar-refractivity contribution in [2.24, 2.45) is 0 Å². The lowest BCUT2D eigenvalue weighted by Gasteiger charge is -2.07. The predicted molar refractivity (Wildman–Crippen MR) is 87.9 cm³/mol. The van der Waals surface area contributed by atoms with Gasteiger partial charge in [-0.3, -0.25) is 0 Å². The fourth-order valence-corrected chi connectivity index (χ4v) is 2.00. The Morgan fingerprint density at radius 1 is 1.14 bits per heavy atom. The van der Waals surface area contributed by atoms with Gasteiger partial charge in [0.1, 0.15) is 12.4 Å². The zero-order valence-electron chi connectivity index (χ0n) is 12.3. The van der Waals surface area contributed by atoms with Gasteiger partial charge in [-0.2, -0.15) is 0 Å². The Morgan fingerprint density at radius 3 is 2.55 bits per heavy atom. The summed E-state index contributed by atoms with van der Waals surface area (Å²) in [7, 11) is 0. The van der Waals surface area contributed by atoms with Crippen molar-refractivity contribution in [3.05, 3.63) is 70.8 Å². The molecule has 0 atom stereocenters. The Kier molecular flexibility index (Phi) is 6.04. The van der Waals surface area contributed by atoms with Crippen LogP contribution < -0.4 is 4.74 Å². The van der Waals surface area contributed by atoms with Crippen LogP contribution in [0.1, 0.15) is 18.1 Å². The van der Waals surface area contributed by atoms with Gasteiger partial charge in [-0.1, -0.05) is 41.9 Å². The summed E-state index contributed by atoms with van der Waals surface area (Å²) in [6, 6.07) is 15.0. The van der Waals surface area contributed by atoms with Gasteiger partial charge in [0.2, 0.25) is 0 Å². The van der Waals surface area contributed by atoms with Crippen molar-refractivity contribution in [1.82, 2.24) is 0 Å². The molecule has 0 fully saturated rings. The molecule has 0 aliphatic heterocycles. The van der Waals surface area contributed by atoms with Crippen molar-refractivity contribution in [1.29, 1.82) is 0 Å². The normalized spacial score (nSPS) is 10.6. The fraction of sp³-hybridized carbons (Fsp3) is 0.167. The Labute approximate surface area is 135 Å². The Morgan fingerprint density at radius 2 is 1.86 bits per heavy atom. The highest BCUT2D eigenvalue weighted by Gasteiger charge is 2.00. The van der Waals surface area contributed by atoms with E-state index in [1.165, 1.54) is 6.08 Å². The number of carbonyl (C=O) groups excluding carboxylic acids is 1. The molecule has 0 spiro atoms. The number of hydrogen-bond acceptors (Lipinski definition) is 3. The zero-order chi connectivity index (χ0) is 15.8. The molecule has 0 aliphatic carbocycles. The van der Waals surface area contributed by atoms with E-state index < -0.39 is 0 Å². The van der Waals surface area contributed by atoms with Gasteiger partial charge in [0.25, 0.3) is 0 Å². The van der Waals surface area contributed by atoms with Crippen molar-refractivity contribution in [2.45, 2.75) is 13.5 Å². The van der Waals surface area contributed by atoms with E-state index in [0.29, 0.717) is 18.2 Å². The van der Waals surface area contributed by atoms with E-state index in [1.54, 1.807) is 13.0 Å². The van der Waals surface area contributed by atoms with Crippen LogP contribution in [0.5, 0.6) is 5.75 Å². The van der Waals surface area contributed by atoms with Crippen LogP contribution >= 0.6 is 11.6 Å². The van der Waals surface area contributed by atoms with Crippen molar-refractivity contribution < 1.29 is 14.3 Å². The van der Waals surface area contributed by atoms with E-state index >= 15 is 0 Å². The molecule has 0 unspecified atom stereocenters. The summed E-state index contributed by atoms with van der Waals surface area (Å²) < 4.78 is 10.5. The molecule has 0 saturated heterocycles. The first-order chi connectivity index (χ1) is 10.7. The first-order valence-electron chi connectivity index (χ1n) is 7.00. The Hall–Kier alpha value is -2.26. The van der Waals surface area contributed by atoms with Gasteiger partial charge in [0.15, 0.2) is 0 Å². The average molecular weight is 317 g/mol. The predicted octanol–water partition coefficient (Wildman–Crippen LogP) is 4.50. The zero-order valence-corrected chi connectivity index (χ0v) is 13.0. The van der Waals surface area contributed by atoms with E-state index in [4.69, 9.17) is 21.1 Å². The molecule has 0 amide bonds. The van der Waals surface area contributed by atoms with Gasteiger partial charge in [-0.05, 0) is 36.8 Å². The maximum atomic E-state index is 11.2. The third-order valence-corrected chi connectivity index (χ3v) is 3.30. The van der Waals surface area contributed by atoms with Crippen LogP contribution in [-0.2, 0) is 16.1 Å². The van der Waals surface area contributed by atoms with Crippen molar-refractivity contribution in [3.8, 4) is 5.75 Å². The van der Waals surface area contributed by atoms with Crippen molar-refractivity contribution >= 4 is 23.6 Å². The molecule has 0 aromatic heterocycles. The second-order valence-corrected chi connectivity index (χ2v) is 4.94. The van der Waals surface area contributed by atoms with Gasteiger partial charge >= 0.3 is 5.97 Å². The lowest BCUT2D eigenvalue weighted by Crippen LogP contribution is -1.98. The molecule has 0 saturated carbocycles. The second-order valence-electron chi connectivity index (χ2n) is 4.53. The van der Waals surface area contributed by atoms with Crippen LogP contribution in [0.2, 0.25) is 5.02 Å². The smallest absolute Gasteiger partial charge is 0.330 e. The number of hydrogen-bond donors (Lipinski definition) is 0. The summed E-state index contributed by atoms with van der Waals surface area (Å²) in [5.74, 6) is 0.398. The van der Waals surface area contributed by atoms with E-state index in [1.807, 2.05) is 48.5 Å².